The summed E-state index contributed by atoms with van der Waals surface area (Å²) in [4.78, 5) is 48.5. The summed E-state index contributed by atoms with van der Waals surface area (Å²) in [5.74, 6) is -3.76. The molecule has 0 amide bonds. The van der Waals surface area contributed by atoms with Gasteiger partial charge in [-0.3, -0.25) is 14.4 Å². The Labute approximate surface area is 274 Å². The fourth-order valence-electron chi connectivity index (χ4n) is 6.39. The number of hydrogen-bond donors (Lipinski definition) is 1. The van der Waals surface area contributed by atoms with Gasteiger partial charge < -0.3 is 25.1 Å². The summed E-state index contributed by atoms with van der Waals surface area (Å²) < 4.78 is 5.10. The van der Waals surface area contributed by atoms with E-state index in [4.69, 9.17) is 20.0 Å². The topological polar surface area (TPSA) is 123 Å². The van der Waals surface area contributed by atoms with E-state index in [2.05, 4.69) is 20.4 Å². The van der Waals surface area contributed by atoms with Crippen LogP contribution >= 0.6 is 0 Å². The van der Waals surface area contributed by atoms with Crippen LogP contribution in [0.2, 0.25) is 0 Å². The second-order valence-electron chi connectivity index (χ2n) is 11.3. The molecule has 1 fully saturated rings. The van der Waals surface area contributed by atoms with Gasteiger partial charge in [0.2, 0.25) is 0 Å². The van der Waals surface area contributed by atoms with Crippen LogP contribution in [-0.4, -0.2) is 53.0 Å². The normalized spacial score (nSPS) is 26.6. The molecule has 3 aliphatic rings. The zero-order chi connectivity index (χ0) is 31.2. The van der Waals surface area contributed by atoms with Crippen LogP contribution in [0.1, 0.15) is 89.9 Å². The third-order valence-electron chi connectivity index (χ3n) is 8.95. The van der Waals surface area contributed by atoms with Gasteiger partial charge in [-0.25, -0.2) is 0 Å². The zero-order valence-corrected chi connectivity index (χ0v) is 27.6. The first-order valence-electron chi connectivity index (χ1n) is 14.6. The van der Waals surface area contributed by atoms with Crippen molar-refractivity contribution < 1.29 is 24.2 Å². The maximum atomic E-state index is 13.9. The van der Waals surface area contributed by atoms with Gasteiger partial charge >= 0.3 is 35.0 Å². The van der Waals surface area contributed by atoms with Gasteiger partial charge in [0, 0.05) is 12.0 Å². The molecule has 4 heterocycles. The number of carbonyl (C=O) groups excluding carboxylic acids is 2. The van der Waals surface area contributed by atoms with Gasteiger partial charge in [-0.2, -0.15) is 11.4 Å². The van der Waals surface area contributed by atoms with E-state index in [1.165, 1.54) is 7.11 Å². The average molecular weight is 603 g/mol. The molecule has 9 heteroatoms. The minimum Gasteiger partial charge on any atom is -0.664 e. The third-order valence-corrected chi connectivity index (χ3v) is 8.95. The summed E-state index contributed by atoms with van der Waals surface area (Å²) in [7, 11) is 1.26. The Morgan fingerprint density at radius 2 is 1.75 bits per heavy atom. The minimum atomic E-state index is -1.21. The number of allylic oxidation sites excluding steroid dienone is 6. The predicted molar refractivity (Wildman–Crippen MR) is 174 cm³/mol. The Morgan fingerprint density at radius 3 is 2.39 bits per heavy atom. The van der Waals surface area contributed by atoms with Crippen molar-refractivity contribution in [3.8, 4) is 0 Å². The van der Waals surface area contributed by atoms with E-state index in [0.29, 0.717) is 39.5 Å². The number of methoxy groups -OCH3 is 1. The van der Waals surface area contributed by atoms with Crippen molar-refractivity contribution >= 4 is 70.7 Å². The molecule has 1 N–H and O–H groups in total. The third kappa shape index (κ3) is 5.59. The van der Waals surface area contributed by atoms with E-state index in [0.717, 1.165) is 40.1 Å². The van der Waals surface area contributed by atoms with Crippen molar-refractivity contribution in [1.82, 2.24) is 9.97 Å². The standard InChI is InChI=1S/C35H38N3O5.Mg/c1-8-21-11-14-24-20(6)29-33(37-24)30(31(34(29)41)35(42)43-7)32-23(12-15-28(39)40)19(5)27(38-32)16-26-18(4)22(9-2)25(36-26)13-10-17(21)3;/h9-11,13-14,16,19,23,31H,2,8,12,15H2,1,3-7H3,(H3,37,38,39,40,41);/q-1;+2/p-2/b13-10+,14-11+,21-17-,27-16-;/t19-,23-,31+;/m0./s1. The monoisotopic (exact) mass is 602 g/mol. The largest absolute Gasteiger partial charge is 2.00 e. The Balaban J connectivity index is 0.00000442. The van der Waals surface area contributed by atoms with Gasteiger partial charge in [0.25, 0.3) is 0 Å². The predicted octanol–water partition coefficient (Wildman–Crippen LogP) is 6.49. The minimum absolute atomic E-state index is 0. The van der Waals surface area contributed by atoms with E-state index in [1.807, 2.05) is 51.2 Å². The number of hydrogen-bond acceptors (Lipinski definition) is 4. The molecule has 0 saturated carbocycles. The van der Waals surface area contributed by atoms with Crippen molar-refractivity contribution in [3.63, 3.8) is 0 Å². The molecule has 8 nitrogen and oxygen atoms in total. The molecule has 0 unspecified atom stereocenters. The van der Waals surface area contributed by atoms with E-state index in [9.17, 15) is 19.5 Å². The summed E-state index contributed by atoms with van der Waals surface area (Å²) in [5, 5.41) is 14.6. The summed E-state index contributed by atoms with van der Waals surface area (Å²) in [6.45, 7) is 14.0. The Morgan fingerprint density at radius 1 is 1.05 bits per heavy atom. The maximum absolute atomic E-state index is 13.9. The van der Waals surface area contributed by atoms with E-state index < -0.39 is 17.9 Å². The average Bonchev–Trinajstić information content (AvgIpc) is 3.65. The van der Waals surface area contributed by atoms with Crippen LogP contribution in [0.5, 0.6) is 0 Å². The van der Waals surface area contributed by atoms with Crippen LogP contribution in [0.15, 0.2) is 41.3 Å². The van der Waals surface area contributed by atoms with Crippen LogP contribution in [0.3, 0.4) is 0 Å². The molecule has 0 radical (unpaired) electrons. The summed E-state index contributed by atoms with van der Waals surface area (Å²) in [5.41, 5.74) is 9.35. The number of nitrogens with zero attached hydrogens (tertiary/aromatic N) is 3. The molecule has 0 spiro atoms. The first kappa shape index (κ1) is 33.1. The van der Waals surface area contributed by atoms with Crippen LogP contribution in [-0.2, 0) is 14.3 Å². The van der Waals surface area contributed by atoms with E-state index in [1.54, 1.807) is 6.08 Å². The van der Waals surface area contributed by atoms with Gasteiger partial charge in [-0.05, 0) is 62.2 Å². The number of carboxylic acid groups (broad SMARTS) is 1. The molecule has 2 aliphatic heterocycles. The summed E-state index contributed by atoms with van der Waals surface area (Å²) in [6, 6.07) is 0. The number of aromatic nitrogens is 2. The van der Waals surface area contributed by atoms with Gasteiger partial charge in [0.15, 0.2) is 5.78 Å². The first-order valence-corrected chi connectivity index (χ1v) is 14.6. The molecule has 1 saturated heterocycles. The molecule has 2 aromatic rings. The SMILES string of the molecule is C=Cc1c2[n-]c(c1C)/C=C1\[N-]/C(=C3\c4[n-]c(c(C)c4C(=O)[C@@H]3C(=O)OC)/C=C/C(CC)=C(C)\C=C\2)[C@@H](CCC(=O)O)[C@@H]1C.[Mg+2]. The van der Waals surface area contributed by atoms with Gasteiger partial charge in [0.1, 0.15) is 5.92 Å². The number of aliphatic carboxylic acids is 1. The number of esters is 1. The van der Waals surface area contributed by atoms with Crippen LogP contribution in [0, 0.1) is 31.6 Å². The van der Waals surface area contributed by atoms with Crippen molar-refractivity contribution in [2.75, 3.05) is 7.11 Å². The summed E-state index contributed by atoms with van der Waals surface area (Å²) >= 11 is 0. The molecular formula is C35H36MgN3O5-. The first-order chi connectivity index (χ1) is 20.5. The van der Waals surface area contributed by atoms with Gasteiger partial charge in [-0.1, -0.05) is 73.6 Å². The molecule has 3 atom stereocenters. The fourth-order valence-corrected chi connectivity index (χ4v) is 6.39. The van der Waals surface area contributed by atoms with Gasteiger partial charge in [0.05, 0.1) is 7.11 Å². The number of carboxylic acids is 1. The van der Waals surface area contributed by atoms with E-state index >= 15 is 0 Å². The number of ketones is 1. The molecule has 2 aromatic heterocycles. The smallest absolute Gasteiger partial charge is 0.664 e. The van der Waals surface area contributed by atoms with Crippen molar-refractivity contribution in [3.05, 3.63) is 91.6 Å². The quantitative estimate of drug-likeness (QED) is 0.228. The molecular weight excluding hydrogens is 567 g/mol. The fraction of sp³-hybridized carbons (Fsp3) is 0.343. The Hall–Kier alpha value is -3.82. The maximum Gasteiger partial charge on any atom is 2.00 e. The van der Waals surface area contributed by atoms with Crippen molar-refractivity contribution in [1.29, 1.82) is 0 Å². The van der Waals surface area contributed by atoms with E-state index in [-0.39, 0.29) is 53.5 Å². The molecule has 6 bridgehead atoms. The number of rotatable bonds is 6. The second kappa shape index (κ2) is 13.0. The molecule has 0 aromatic carbocycles. The number of carbonyl (C=O) groups is 3. The van der Waals surface area contributed by atoms with Crippen molar-refractivity contribution in [2.24, 2.45) is 17.8 Å². The molecule has 224 valence electrons. The second-order valence-corrected chi connectivity index (χ2v) is 11.3. The van der Waals surface area contributed by atoms with Crippen LogP contribution < -0.4 is 9.97 Å². The zero-order valence-electron chi connectivity index (χ0n) is 26.2. The van der Waals surface area contributed by atoms with Crippen LogP contribution in [0.25, 0.3) is 35.2 Å². The molecule has 44 heavy (non-hydrogen) atoms. The van der Waals surface area contributed by atoms with Crippen LogP contribution in [0.4, 0.5) is 0 Å². The number of fused-ring (bicyclic) bond motifs is 5. The molecule has 5 rings (SSSR count). The number of ether oxygens (including phenoxy) is 1. The number of Topliss-reactive ketones (excluding diaryl/α,β-unsaturated/α-hetero) is 1. The Kier molecular flexibility index (Phi) is 9.80. The Bertz CT molecular complexity index is 1710. The van der Waals surface area contributed by atoms with Crippen molar-refractivity contribution in [2.45, 2.75) is 53.9 Å². The summed E-state index contributed by atoms with van der Waals surface area (Å²) in [6.07, 6.45) is 12.7. The van der Waals surface area contributed by atoms with Gasteiger partial charge in [-0.15, -0.1) is 22.8 Å². The molecule has 1 aliphatic carbocycles.